The summed E-state index contributed by atoms with van der Waals surface area (Å²) in [5.74, 6) is 2.94. The Kier molecular flexibility index (Phi) is 5.16. The van der Waals surface area contributed by atoms with Gasteiger partial charge in [-0.1, -0.05) is 24.0 Å². The summed E-state index contributed by atoms with van der Waals surface area (Å²) in [7, 11) is 1.44. The van der Waals surface area contributed by atoms with Crippen LogP contribution >= 0.6 is 0 Å². The molecule has 4 rings (SSSR count). The van der Waals surface area contributed by atoms with Crippen LogP contribution in [0.2, 0.25) is 0 Å². The number of ether oxygens (including phenoxy) is 1. The Bertz CT molecular complexity index is 1330. The Balaban J connectivity index is 1.65. The second-order valence-corrected chi connectivity index (χ2v) is 6.62. The molecule has 148 valence electrons. The van der Waals surface area contributed by atoms with E-state index in [0.29, 0.717) is 27.6 Å². The van der Waals surface area contributed by atoms with Crippen molar-refractivity contribution >= 4 is 10.8 Å². The van der Waals surface area contributed by atoms with Crippen LogP contribution in [0.4, 0.5) is 17.6 Å². The molecule has 1 nitrogen and oxygen atoms in total. The Labute approximate surface area is 170 Å². The minimum Gasteiger partial charge on any atom is -0.497 e. The van der Waals surface area contributed by atoms with Crippen molar-refractivity contribution in [3.8, 4) is 28.7 Å². The summed E-state index contributed by atoms with van der Waals surface area (Å²) in [6.07, 6.45) is 0. The summed E-state index contributed by atoms with van der Waals surface area (Å²) >= 11 is 0. The third-order valence-corrected chi connectivity index (χ3v) is 4.68. The molecule has 0 fully saturated rings. The zero-order valence-electron chi connectivity index (χ0n) is 15.8. The van der Waals surface area contributed by atoms with Crippen molar-refractivity contribution in [3.63, 3.8) is 0 Å². The summed E-state index contributed by atoms with van der Waals surface area (Å²) in [6, 6.07) is 15.7. The highest BCUT2D eigenvalue weighted by atomic mass is 19.2. The lowest BCUT2D eigenvalue weighted by Crippen LogP contribution is -1.90. The number of methoxy groups -OCH3 is 1. The lowest BCUT2D eigenvalue weighted by atomic mass is 10.0. The molecule has 0 aliphatic heterocycles. The zero-order valence-corrected chi connectivity index (χ0v) is 15.8. The average Bonchev–Trinajstić information content (AvgIpc) is 2.73. The van der Waals surface area contributed by atoms with Crippen LogP contribution in [-0.2, 0) is 0 Å². The highest BCUT2D eigenvalue weighted by Crippen LogP contribution is 2.27. The highest BCUT2D eigenvalue weighted by Gasteiger charge is 2.09. The molecule has 0 saturated carbocycles. The van der Waals surface area contributed by atoms with E-state index in [1.807, 2.05) is 0 Å². The van der Waals surface area contributed by atoms with Crippen LogP contribution in [0.15, 0.2) is 66.7 Å². The van der Waals surface area contributed by atoms with Crippen molar-refractivity contribution in [2.45, 2.75) is 0 Å². The van der Waals surface area contributed by atoms with Crippen molar-refractivity contribution in [2.75, 3.05) is 7.11 Å². The van der Waals surface area contributed by atoms with Gasteiger partial charge in [0.1, 0.15) is 17.4 Å². The third kappa shape index (κ3) is 3.85. The first-order valence-corrected chi connectivity index (χ1v) is 8.99. The quantitative estimate of drug-likeness (QED) is 0.274. The van der Waals surface area contributed by atoms with Crippen molar-refractivity contribution < 1.29 is 22.3 Å². The summed E-state index contributed by atoms with van der Waals surface area (Å²) in [5.41, 5.74) is 1.29. The van der Waals surface area contributed by atoms with Gasteiger partial charge in [-0.3, -0.25) is 0 Å². The largest absolute Gasteiger partial charge is 0.497 e. The fourth-order valence-electron chi connectivity index (χ4n) is 3.10. The molecule has 0 N–H and O–H groups in total. The highest BCUT2D eigenvalue weighted by molar-refractivity contribution is 5.84. The minimum atomic E-state index is -0.944. The van der Waals surface area contributed by atoms with Crippen LogP contribution in [0.1, 0.15) is 11.1 Å². The van der Waals surface area contributed by atoms with E-state index in [1.54, 1.807) is 30.3 Å². The van der Waals surface area contributed by atoms with Crippen LogP contribution in [0, 0.1) is 35.1 Å². The standard InChI is InChI=1S/C25H14F4O/c1-30-20-8-9-21(23(27)14-20)18-7-6-16(22(26)12-18)4-2-15-3-5-17-11-24(28)25(29)13-19(17)10-15/h3,5-14H,1H3. The number of halogens is 4. The summed E-state index contributed by atoms with van der Waals surface area (Å²) in [5, 5.41) is 1.03. The predicted molar refractivity (Wildman–Crippen MR) is 108 cm³/mol. The predicted octanol–water partition coefficient (Wildman–Crippen LogP) is 6.47. The summed E-state index contributed by atoms with van der Waals surface area (Å²) in [6.45, 7) is 0. The van der Waals surface area contributed by atoms with E-state index in [9.17, 15) is 17.6 Å². The number of rotatable bonds is 2. The first kappa shape index (κ1) is 19.5. The van der Waals surface area contributed by atoms with Gasteiger partial charge >= 0.3 is 0 Å². The van der Waals surface area contributed by atoms with Gasteiger partial charge in [0.05, 0.1) is 12.7 Å². The molecule has 5 heteroatoms. The van der Waals surface area contributed by atoms with Crippen LogP contribution in [0.25, 0.3) is 21.9 Å². The number of fused-ring (bicyclic) bond motifs is 1. The van der Waals surface area contributed by atoms with Gasteiger partial charge in [-0.2, -0.15) is 0 Å². The third-order valence-electron chi connectivity index (χ3n) is 4.68. The first-order valence-electron chi connectivity index (χ1n) is 8.99. The van der Waals surface area contributed by atoms with Crippen molar-refractivity contribution in [2.24, 2.45) is 0 Å². The minimum absolute atomic E-state index is 0.137. The first-order chi connectivity index (χ1) is 14.4. The molecule has 0 unspecified atom stereocenters. The van der Waals surface area contributed by atoms with Crippen LogP contribution < -0.4 is 4.74 Å². The van der Waals surface area contributed by atoms with Gasteiger partial charge in [0.2, 0.25) is 0 Å². The van der Waals surface area contributed by atoms with Gasteiger partial charge in [-0.25, -0.2) is 17.6 Å². The monoisotopic (exact) mass is 406 g/mol. The molecular weight excluding hydrogens is 392 g/mol. The fourth-order valence-corrected chi connectivity index (χ4v) is 3.10. The van der Waals surface area contributed by atoms with E-state index < -0.39 is 23.3 Å². The molecular formula is C25H14F4O. The summed E-state index contributed by atoms with van der Waals surface area (Å²) in [4.78, 5) is 0. The fraction of sp³-hybridized carbons (Fsp3) is 0.0400. The molecule has 0 aromatic heterocycles. The second kappa shape index (κ2) is 7.92. The van der Waals surface area contributed by atoms with Crippen molar-refractivity contribution in [1.82, 2.24) is 0 Å². The Morgan fingerprint density at radius 2 is 1.40 bits per heavy atom. The molecule has 0 bridgehead atoms. The van der Waals surface area contributed by atoms with E-state index in [2.05, 4.69) is 11.8 Å². The molecule has 0 aliphatic carbocycles. The molecule has 0 radical (unpaired) electrons. The Morgan fingerprint density at radius 1 is 0.633 bits per heavy atom. The number of hydrogen-bond donors (Lipinski definition) is 0. The van der Waals surface area contributed by atoms with Gasteiger partial charge in [0, 0.05) is 17.2 Å². The lowest BCUT2D eigenvalue weighted by molar-refractivity contribution is 0.411. The van der Waals surface area contributed by atoms with Crippen LogP contribution in [0.5, 0.6) is 5.75 Å². The second-order valence-electron chi connectivity index (χ2n) is 6.62. The summed E-state index contributed by atoms with van der Waals surface area (Å²) < 4.78 is 60.5. The van der Waals surface area contributed by atoms with E-state index >= 15 is 0 Å². The number of benzene rings is 4. The molecule has 0 heterocycles. The van der Waals surface area contributed by atoms with Gasteiger partial charge in [-0.05, 0) is 64.9 Å². The van der Waals surface area contributed by atoms with E-state index in [-0.39, 0.29) is 11.1 Å². The van der Waals surface area contributed by atoms with Crippen LogP contribution in [0.3, 0.4) is 0 Å². The van der Waals surface area contributed by atoms with Gasteiger partial charge in [-0.15, -0.1) is 0 Å². The smallest absolute Gasteiger partial charge is 0.159 e. The molecule has 0 saturated heterocycles. The van der Waals surface area contributed by atoms with E-state index in [1.165, 1.54) is 31.4 Å². The average molecular weight is 406 g/mol. The Hall–Kier alpha value is -3.78. The van der Waals surface area contributed by atoms with E-state index in [4.69, 9.17) is 4.74 Å². The molecule has 0 amide bonds. The molecule has 0 spiro atoms. The SMILES string of the molecule is COc1ccc(-c2ccc(C#Cc3ccc4cc(F)c(F)cc4c3)c(F)c2)c(F)c1. The topological polar surface area (TPSA) is 9.23 Å². The zero-order chi connectivity index (χ0) is 21.3. The van der Waals surface area contributed by atoms with Gasteiger partial charge in [0.25, 0.3) is 0 Å². The van der Waals surface area contributed by atoms with Crippen molar-refractivity contribution in [1.29, 1.82) is 0 Å². The Morgan fingerprint density at radius 3 is 2.10 bits per heavy atom. The normalized spacial score (nSPS) is 10.6. The lowest BCUT2D eigenvalue weighted by Gasteiger charge is -2.07. The van der Waals surface area contributed by atoms with Gasteiger partial charge < -0.3 is 4.74 Å². The maximum atomic E-state index is 14.5. The van der Waals surface area contributed by atoms with Crippen LogP contribution in [-0.4, -0.2) is 7.11 Å². The van der Waals surface area contributed by atoms with Crippen molar-refractivity contribution in [3.05, 3.63) is 101 Å². The molecule has 0 atom stereocenters. The molecule has 4 aromatic rings. The molecule has 0 aliphatic rings. The maximum absolute atomic E-state index is 14.5. The van der Waals surface area contributed by atoms with Gasteiger partial charge in [0.15, 0.2) is 11.6 Å². The number of hydrogen-bond acceptors (Lipinski definition) is 1. The molecule has 4 aromatic carbocycles. The maximum Gasteiger partial charge on any atom is 0.159 e. The van der Waals surface area contributed by atoms with E-state index in [0.717, 1.165) is 12.1 Å². The molecule has 30 heavy (non-hydrogen) atoms.